The summed E-state index contributed by atoms with van der Waals surface area (Å²) >= 11 is 11.7. The van der Waals surface area contributed by atoms with E-state index in [1.54, 1.807) is 0 Å². The summed E-state index contributed by atoms with van der Waals surface area (Å²) in [4.78, 5) is 0. The summed E-state index contributed by atoms with van der Waals surface area (Å²) < 4.78 is 10.7. The normalized spacial score (nSPS) is 25.6. The highest BCUT2D eigenvalue weighted by molar-refractivity contribution is 7.39. The van der Waals surface area contributed by atoms with Crippen LogP contribution in [0.5, 0.6) is 0 Å². The summed E-state index contributed by atoms with van der Waals surface area (Å²) in [5.41, 5.74) is 0. The smallest absolute Gasteiger partial charge is 0.368 e. The Kier molecular flexibility index (Phi) is 2.18. The fourth-order valence-corrected chi connectivity index (χ4v) is 3.60. The number of rotatable bonds is 4. The molecule has 0 saturated heterocycles. The highest BCUT2D eigenvalue weighted by atomic mass is 35.7. The second-order valence-electron chi connectivity index (χ2n) is 3.10. The Labute approximate surface area is 76.4 Å². The van der Waals surface area contributed by atoms with Gasteiger partial charge in [-0.1, -0.05) is 22.2 Å². The molecule has 2 aliphatic rings. The van der Waals surface area contributed by atoms with Crippen molar-refractivity contribution in [2.75, 3.05) is 0 Å². The predicted molar refractivity (Wildman–Crippen MR) is 45.7 cm³/mol. The molecule has 0 spiro atoms. The molecule has 11 heavy (non-hydrogen) atoms. The Morgan fingerprint density at radius 2 is 1.27 bits per heavy atom. The summed E-state index contributed by atoms with van der Waals surface area (Å²) in [5, 5.41) is 0. The third kappa shape index (κ3) is 2.91. The van der Waals surface area contributed by atoms with Crippen LogP contribution in [0.2, 0.25) is 0 Å². The van der Waals surface area contributed by atoms with Crippen LogP contribution in [-0.2, 0) is 8.85 Å². The van der Waals surface area contributed by atoms with Crippen LogP contribution in [0.25, 0.3) is 0 Å². The van der Waals surface area contributed by atoms with Gasteiger partial charge in [0.15, 0.2) is 0 Å². The van der Waals surface area contributed by atoms with Gasteiger partial charge in [-0.2, -0.15) is 0 Å². The maximum Gasteiger partial charge on any atom is 0.551 e. The minimum Gasteiger partial charge on any atom is -0.368 e. The van der Waals surface area contributed by atoms with Crippen molar-refractivity contribution in [1.29, 1.82) is 0 Å². The Hall–Kier alpha value is 0.717. The molecular weight excluding hydrogens is 203 g/mol. The van der Waals surface area contributed by atoms with Crippen LogP contribution in [-0.4, -0.2) is 19.4 Å². The standard InChI is InChI=1S/C6H10Cl2O2Si/c7-11(8,9-5-1-2-5)10-6-3-4-6/h5-6H,1-4H2. The average molecular weight is 213 g/mol. The molecule has 0 aliphatic heterocycles. The van der Waals surface area contributed by atoms with Gasteiger partial charge in [0.2, 0.25) is 0 Å². The molecule has 0 unspecified atom stereocenters. The summed E-state index contributed by atoms with van der Waals surface area (Å²) in [6.07, 6.45) is 4.92. The molecule has 0 radical (unpaired) electrons. The highest BCUT2D eigenvalue weighted by Crippen LogP contribution is 2.36. The van der Waals surface area contributed by atoms with Crippen LogP contribution in [0.15, 0.2) is 0 Å². The zero-order valence-corrected chi connectivity index (χ0v) is 8.57. The molecule has 0 aromatic heterocycles. The molecule has 0 heterocycles. The summed E-state index contributed by atoms with van der Waals surface area (Å²) in [5.74, 6) is 0. The van der Waals surface area contributed by atoms with Gasteiger partial charge in [0, 0.05) is 12.2 Å². The van der Waals surface area contributed by atoms with Crippen molar-refractivity contribution in [3.63, 3.8) is 0 Å². The topological polar surface area (TPSA) is 18.5 Å². The number of hydrogen-bond acceptors (Lipinski definition) is 2. The molecule has 0 aromatic carbocycles. The van der Waals surface area contributed by atoms with Crippen LogP contribution in [0.3, 0.4) is 0 Å². The van der Waals surface area contributed by atoms with Crippen molar-refractivity contribution < 1.29 is 8.85 Å². The third-order valence-electron chi connectivity index (χ3n) is 1.66. The zero-order valence-electron chi connectivity index (χ0n) is 6.06. The minimum atomic E-state index is -2.76. The largest absolute Gasteiger partial charge is 0.551 e. The monoisotopic (exact) mass is 212 g/mol. The van der Waals surface area contributed by atoms with Crippen LogP contribution in [0.4, 0.5) is 0 Å². The maximum atomic E-state index is 5.87. The van der Waals surface area contributed by atoms with E-state index in [2.05, 4.69) is 0 Å². The lowest BCUT2D eigenvalue weighted by Crippen LogP contribution is -2.31. The van der Waals surface area contributed by atoms with Gasteiger partial charge < -0.3 is 8.85 Å². The van der Waals surface area contributed by atoms with E-state index in [0.717, 1.165) is 25.7 Å². The van der Waals surface area contributed by atoms with E-state index >= 15 is 0 Å². The lowest BCUT2D eigenvalue weighted by atomic mass is 10.9. The van der Waals surface area contributed by atoms with Gasteiger partial charge in [-0.15, -0.1) is 0 Å². The summed E-state index contributed by atoms with van der Waals surface area (Å²) in [6, 6.07) is 0. The molecule has 0 aromatic rings. The van der Waals surface area contributed by atoms with E-state index in [-0.39, 0.29) is 12.2 Å². The molecule has 0 bridgehead atoms. The average Bonchev–Trinajstić information content (AvgIpc) is 2.60. The van der Waals surface area contributed by atoms with Crippen molar-refractivity contribution in [1.82, 2.24) is 0 Å². The van der Waals surface area contributed by atoms with E-state index in [4.69, 9.17) is 31.0 Å². The van der Waals surface area contributed by atoms with Crippen molar-refractivity contribution in [3.8, 4) is 0 Å². The van der Waals surface area contributed by atoms with Gasteiger partial charge in [-0.05, 0) is 25.7 Å². The molecule has 2 saturated carbocycles. The van der Waals surface area contributed by atoms with Gasteiger partial charge in [-0.25, -0.2) is 0 Å². The lowest BCUT2D eigenvalue weighted by molar-refractivity contribution is 0.188. The highest BCUT2D eigenvalue weighted by Gasteiger charge is 2.44. The van der Waals surface area contributed by atoms with Gasteiger partial charge >= 0.3 is 7.18 Å². The Bertz CT molecular complexity index is 141. The van der Waals surface area contributed by atoms with Gasteiger partial charge in [0.25, 0.3) is 0 Å². The van der Waals surface area contributed by atoms with Crippen LogP contribution < -0.4 is 0 Å². The molecule has 5 heteroatoms. The lowest BCUT2D eigenvalue weighted by Gasteiger charge is -2.15. The van der Waals surface area contributed by atoms with E-state index in [1.807, 2.05) is 0 Å². The van der Waals surface area contributed by atoms with E-state index in [9.17, 15) is 0 Å². The van der Waals surface area contributed by atoms with E-state index < -0.39 is 7.18 Å². The van der Waals surface area contributed by atoms with Crippen molar-refractivity contribution >= 4 is 29.3 Å². The first kappa shape index (κ1) is 8.32. The van der Waals surface area contributed by atoms with E-state index in [1.165, 1.54) is 0 Å². The summed E-state index contributed by atoms with van der Waals surface area (Å²) in [7, 11) is -2.76. The van der Waals surface area contributed by atoms with Crippen LogP contribution >= 0.6 is 22.2 Å². The van der Waals surface area contributed by atoms with Crippen molar-refractivity contribution in [2.24, 2.45) is 0 Å². The number of hydrogen-bond donors (Lipinski definition) is 0. The first-order valence-electron chi connectivity index (χ1n) is 3.89. The fraction of sp³-hybridized carbons (Fsp3) is 1.00. The second kappa shape index (κ2) is 2.89. The predicted octanol–water partition coefficient (Wildman–Crippen LogP) is 2.26. The third-order valence-corrected chi connectivity index (χ3v) is 3.94. The molecule has 0 amide bonds. The van der Waals surface area contributed by atoms with Crippen LogP contribution in [0, 0.1) is 0 Å². The Morgan fingerprint density at radius 1 is 0.909 bits per heavy atom. The molecule has 64 valence electrons. The van der Waals surface area contributed by atoms with E-state index in [0.29, 0.717) is 0 Å². The molecule has 2 aliphatic carbocycles. The molecule has 0 atom stereocenters. The quantitative estimate of drug-likeness (QED) is 0.526. The van der Waals surface area contributed by atoms with Crippen LogP contribution in [0.1, 0.15) is 25.7 Å². The molecular formula is C6H10Cl2O2Si. The van der Waals surface area contributed by atoms with Crippen molar-refractivity contribution in [2.45, 2.75) is 37.9 Å². The first-order valence-corrected chi connectivity index (χ1v) is 7.73. The maximum absolute atomic E-state index is 5.87. The van der Waals surface area contributed by atoms with Gasteiger partial charge in [0.05, 0.1) is 0 Å². The number of halogens is 2. The molecule has 2 fully saturated rings. The second-order valence-corrected chi connectivity index (χ2v) is 8.06. The van der Waals surface area contributed by atoms with Crippen molar-refractivity contribution in [3.05, 3.63) is 0 Å². The summed E-state index contributed by atoms with van der Waals surface area (Å²) in [6.45, 7) is 0. The first-order chi connectivity index (χ1) is 5.16. The molecule has 2 nitrogen and oxygen atoms in total. The fourth-order valence-electron chi connectivity index (χ4n) is 0.788. The SMILES string of the molecule is Cl[Si](Cl)(OC1CC1)OC1CC1. The Morgan fingerprint density at radius 3 is 1.55 bits per heavy atom. The Balaban J connectivity index is 1.75. The minimum absolute atomic E-state index is 0.287. The molecule has 0 N–H and O–H groups in total. The zero-order chi connectivity index (χ0) is 7.90. The molecule has 2 rings (SSSR count). The van der Waals surface area contributed by atoms with Gasteiger partial charge in [-0.3, -0.25) is 0 Å². The van der Waals surface area contributed by atoms with Gasteiger partial charge in [0.1, 0.15) is 0 Å².